The van der Waals surface area contributed by atoms with Gasteiger partial charge >= 0.3 is 5.97 Å². The van der Waals surface area contributed by atoms with E-state index in [0.717, 1.165) is 16.9 Å². The van der Waals surface area contributed by atoms with Gasteiger partial charge < -0.3 is 23.7 Å². The second-order valence-corrected chi connectivity index (χ2v) is 12.0. The molecule has 13 heteroatoms. The predicted molar refractivity (Wildman–Crippen MR) is 180 cm³/mol. The Balaban J connectivity index is 1.66. The van der Waals surface area contributed by atoms with Gasteiger partial charge in [0.05, 0.1) is 65.3 Å². The summed E-state index contributed by atoms with van der Waals surface area (Å²) in [6, 6.07) is 16.4. The van der Waals surface area contributed by atoms with Crippen molar-refractivity contribution in [1.29, 1.82) is 0 Å². The van der Waals surface area contributed by atoms with Gasteiger partial charge in [-0.1, -0.05) is 47.7 Å². The maximum Gasteiger partial charge on any atom is 0.338 e. The molecule has 5 rings (SSSR count). The molecule has 0 unspecified atom stereocenters. The van der Waals surface area contributed by atoms with Crippen LogP contribution >= 0.6 is 11.3 Å². The van der Waals surface area contributed by atoms with Crippen LogP contribution in [0.2, 0.25) is 0 Å². The number of allylic oxidation sites excluding steroid dienone is 1. The molecule has 2 heterocycles. The van der Waals surface area contributed by atoms with E-state index >= 15 is 0 Å². The van der Waals surface area contributed by atoms with Gasteiger partial charge in [0.1, 0.15) is 6.61 Å². The molecule has 0 fully saturated rings. The number of hydrogen-bond donors (Lipinski definition) is 0. The monoisotopic (exact) mass is 673 g/mol. The molecule has 4 aromatic rings. The molecule has 0 aliphatic carbocycles. The van der Waals surface area contributed by atoms with Gasteiger partial charge in [0.25, 0.3) is 11.2 Å². The van der Waals surface area contributed by atoms with E-state index in [1.54, 1.807) is 32.0 Å². The van der Waals surface area contributed by atoms with Crippen LogP contribution in [0.25, 0.3) is 6.08 Å². The summed E-state index contributed by atoms with van der Waals surface area (Å²) in [6.07, 6.45) is 1.30. The van der Waals surface area contributed by atoms with Gasteiger partial charge in [-0.25, -0.2) is 9.79 Å². The summed E-state index contributed by atoms with van der Waals surface area (Å²) in [5.41, 5.74) is 1.33. The van der Waals surface area contributed by atoms with Gasteiger partial charge in [-0.2, -0.15) is 0 Å². The minimum Gasteiger partial charge on any atom is -0.493 e. The quantitative estimate of drug-likeness (QED) is 0.114. The van der Waals surface area contributed by atoms with Crippen LogP contribution < -0.4 is 33.8 Å². The molecular formula is C35H35N3O9S. The van der Waals surface area contributed by atoms with Crippen LogP contribution in [0.3, 0.4) is 0 Å². The summed E-state index contributed by atoms with van der Waals surface area (Å²) in [6.45, 7) is 7.44. The summed E-state index contributed by atoms with van der Waals surface area (Å²) in [5.74, 6) is 0.730. The fraction of sp³-hybridized carbons (Fsp3) is 0.286. The van der Waals surface area contributed by atoms with Crippen molar-refractivity contribution >= 4 is 29.1 Å². The Bertz CT molecular complexity index is 2070. The molecule has 1 aliphatic heterocycles. The number of nitro benzene ring substituents is 1. The summed E-state index contributed by atoms with van der Waals surface area (Å²) >= 11 is 1.04. The standard InChI is InChI=1S/C35H35N3O9S/c1-7-45-34(40)31-21(4)36-35-37(32(31)23-13-14-26(47-20(2)3)27(15-23)43-5)33(39)30(48-35)17-24-16-28(44-6)29(18-25(24)38(41)42)46-19-22-11-9-8-10-12-22/h8-18,20,32H,7,19H2,1-6H3/b30-17-/t32-/m0/s1. The molecule has 0 saturated heterocycles. The molecule has 0 N–H and O–H groups in total. The van der Waals surface area contributed by atoms with Crippen LogP contribution in [0.4, 0.5) is 5.69 Å². The maximum absolute atomic E-state index is 14.2. The second kappa shape index (κ2) is 14.6. The molecule has 12 nitrogen and oxygen atoms in total. The van der Waals surface area contributed by atoms with Crippen molar-refractivity contribution in [3.05, 3.63) is 118 Å². The fourth-order valence-electron chi connectivity index (χ4n) is 5.30. The number of ether oxygens (including phenoxy) is 5. The van der Waals surface area contributed by atoms with Crippen molar-refractivity contribution in [2.45, 2.75) is 46.4 Å². The summed E-state index contributed by atoms with van der Waals surface area (Å²) in [7, 11) is 2.93. The lowest BCUT2D eigenvalue weighted by Gasteiger charge is -2.25. The number of rotatable bonds is 12. The molecule has 1 aromatic heterocycles. The van der Waals surface area contributed by atoms with E-state index in [0.29, 0.717) is 27.6 Å². The molecule has 0 amide bonds. The number of carbonyl (C=O) groups is 1. The van der Waals surface area contributed by atoms with Crippen molar-refractivity contribution in [3.63, 3.8) is 0 Å². The number of benzene rings is 3. The van der Waals surface area contributed by atoms with E-state index < -0.39 is 22.5 Å². The van der Waals surface area contributed by atoms with Gasteiger partial charge in [0.2, 0.25) is 0 Å². The Kier molecular flexibility index (Phi) is 10.3. The van der Waals surface area contributed by atoms with Crippen molar-refractivity contribution < 1.29 is 33.4 Å². The zero-order valence-corrected chi connectivity index (χ0v) is 28.2. The van der Waals surface area contributed by atoms with Crippen LogP contribution in [0.5, 0.6) is 23.0 Å². The number of esters is 1. The molecule has 0 spiro atoms. The second-order valence-electron chi connectivity index (χ2n) is 11.0. The van der Waals surface area contributed by atoms with E-state index in [1.165, 1.54) is 37.0 Å². The molecule has 1 atom stereocenters. The number of aromatic nitrogens is 1. The number of hydrogen-bond acceptors (Lipinski definition) is 11. The number of thiazole rings is 1. The average Bonchev–Trinajstić information content (AvgIpc) is 3.37. The van der Waals surface area contributed by atoms with Gasteiger partial charge in [-0.3, -0.25) is 19.5 Å². The van der Waals surface area contributed by atoms with Crippen molar-refractivity contribution in [2.75, 3.05) is 20.8 Å². The molecular weight excluding hydrogens is 638 g/mol. The number of nitrogens with zero attached hydrogens (tertiary/aromatic N) is 3. The van der Waals surface area contributed by atoms with E-state index in [2.05, 4.69) is 4.99 Å². The summed E-state index contributed by atoms with van der Waals surface area (Å²) < 4.78 is 29.8. The average molecular weight is 674 g/mol. The third kappa shape index (κ3) is 6.95. The smallest absolute Gasteiger partial charge is 0.338 e. The number of fused-ring (bicyclic) bond motifs is 1. The minimum absolute atomic E-state index is 0.119. The van der Waals surface area contributed by atoms with E-state index in [-0.39, 0.29) is 52.2 Å². The van der Waals surface area contributed by atoms with Crippen molar-refractivity contribution in [2.24, 2.45) is 4.99 Å². The van der Waals surface area contributed by atoms with E-state index in [4.69, 9.17) is 23.7 Å². The number of carbonyl (C=O) groups excluding carboxylic acids is 1. The zero-order valence-electron chi connectivity index (χ0n) is 27.3. The highest BCUT2D eigenvalue weighted by atomic mass is 32.1. The predicted octanol–water partition coefficient (Wildman–Crippen LogP) is 5.09. The van der Waals surface area contributed by atoms with Gasteiger partial charge in [0, 0.05) is 0 Å². The molecule has 0 radical (unpaired) electrons. The van der Waals surface area contributed by atoms with Crippen molar-refractivity contribution in [3.8, 4) is 23.0 Å². The summed E-state index contributed by atoms with van der Waals surface area (Å²) in [4.78, 5) is 44.1. The number of methoxy groups -OCH3 is 2. The van der Waals surface area contributed by atoms with Gasteiger partial charge in [-0.15, -0.1) is 0 Å². The van der Waals surface area contributed by atoms with Crippen LogP contribution in [0.15, 0.2) is 81.7 Å². The highest BCUT2D eigenvalue weighted by Gasteiger charge is 2.34. The van der Waals surface area contributed by atoms with Crippen LogP contribution in [-0.4, -0.2) is 42.4 Å². The Morgan fingerprint density at radius 3 is 2.40 bits per heavy atom. The van der Waals surface area contributed by atoms with E-state index in [1.807, 2.05) is 44.2 Å². The fourth-order valence-corrected chi connectivity index (χ4v) is 6.34. The topological polar surface area (TPSA) is 141 Å². The first-order valence-corrected chi connectivity index (χ1v) is 15.9. The molecule has 3 aromatic carbocycles. The molecule has 0 bridgehead atoms. The maximum atomic E-state index is 14.2. The molecule has 0 saturated carbocycles. The van der Waals surface area contributed by atoms with Gasteiger partial charge in [-0.05, 0) is 63.1 Å². The molecule has 48 heavy (non-hydrogen) atoms. The normalized spacial score (nSPS) is 14.3. The Morgan fingerprint density at radius 2 is 1.75 bits per heavy atom. The third-order valence-electron chi connectivity index (χ3n) is 7.42. The zero-order chi connectivity index (χ0) is 34.5. The highest BCUT2D eigenvalue weighted by Crippen LogP contribution is 2.38. The lowest BCUT2D eigenvalue weighted by molar-refractivity contribution is -0.385. The SMILES string of the molecule is CCOC(=O)C1=C(C)N=c2s/c(=C\c3cc(OC)c(OCc4ccccc4)cc3[N+](=O)[O-])c(=O)n2[C@H]1c1ccc(OC(C)C)c(OC)c1. The lowest BCUT2D eigenvalue weighted by atomic mass is 9.95. The van der Waals surface area contributed by atoms with Crippen LogP contribution in [0, 0.1) is 10.1 Å². The summed E-state index contributed by atoms with van der Waals surface area (Å²) in [5, 5.41) is 12.2. The van der Waals surface area contributed by atoms with E-state index in [9.17, 15) is 19.7 Å². The van der Waals surface area contributed by atoms with Crippen LogP contribution in [-0.2, 0) is 16.1 Å². The number of nitro groups is 1. The molecule has 250 valence electrons. The first kappa shape index (κ1) is 33.9. The Hall–Kier alpha value is -5.43. The third-order valence-corrected chi connectivity index (χ3v) is 8.40. The minimum atomic E-state index is -0.928. The highest BCUT2D eigenvalue weighted by molar-refractivity contribution is 7.07. The largest absolute Gasteiger partial charge is 0.493 e. The lowest BCUT2D eigenvalue weighted by Crippen LogP contribution is -2.40. The van der Waals surface area contributed by atoms with Crippen LogP contribution in [0.1, 0.15) is 50.4 Å². The Morgan fingerprint density at radius 1 is 1.04 bits per heavy atom. The molecule has 1 aliphatic rings. The Labute approximate surface area is 280 Å². The first-order valence-electron chi connectivity index (χ1n) is 15.1. The van der Waals surface area contributed by atoms with Crippen molar-refractivity contribution in [1.82, 2.24) is 4.57 Å². The first-order chi connectivity index (χ1) is 23.1. The van der Waals surface area contributed by atoms with Gasteiger partial charge in [0.15, 0.2) is 27.8 Å².